The van der Waals surface area contributed by atoms with Gasteiger partial charge in [-0.25, -0.2) is 9.78 Å². The van der Waals surface area contributed by atoms with Gasteiger partial charge < -0.3 is 10.2 Å². The van der Waals surface area contributed by atoms with E-state index in [1.165, 1.54) is 77.0 Å². The second-order valence-electron chi connectivity index (χ2n) is 10.6. The van der Waals surface area contributed by atoms with Gasteiger partial charge in [-0.05, 0) is 49.4 Å². The van der Waals surface area contributed by atoms with Crippen molar-refractivity contribution in [3.8, 4) is 0 Å². The van der Waals surface area contributed by atoms with Crippen LogP contribution in [0.2, 0.25) is 0 Å². The van der Waals surface area contributed by atoms with Gasteiger partial charge in [-0.2, -0.15) is 0 Å². The standard InChI is InChI=1S/2C8H18O2.2C8H18O.O.Ti/c2*1-3-5-6-8(4-2)7-10-9;2*1-3-5-6-8(4-2)7-9;;/h2*8-9H,3-7H2,1-2H3;2*8-9H,3-7H2,1-2H3;;. The Balaban J connectivity index is -0.000000133. The van der Waals surface area contributed by atoms with Crippen molar-refractivity contribution in [2.75, 3.05) is 26.4 Å². The molecular weight excluding hydrogens is 544 g/mol. The van der Waals surface area contributed by atoms with Gasteiger partial charge >= 0.3 is 23.7 Å². The minimum atomic E-state index is 0.372. The summed E-state index contributed by atoms with van der Waals surface area (Å²) in [5.74, 6) is 2.21. The van der Waals surface area contributed by atoms with Crippen LogP contribution in [-0.2, 0) is 33.5 Å². The van der Waals surface area contributed by atoms with E-state index in [9.17, 15) is 0 Å². The zero-order valence-electron chi connectivity index (χ0n) is 28.0. The molecule has 0 rings (SSSR count). The molecule has 0 spiro atoms. The molecule has 0 aromatic heterocycles. The molecule has 0 aliphatic heterocycles. The molecule has 0 heterocycles. The summed E-state index contributed by atoms with van der Waals surface area (Å²) in [5, 5.41) is 33.8. The molecule has 0 aliphatic rings. The predicted octanol–water partition coefficient (Wildman–Crippen LogP) is 9.65. The van der Waals surface area contributed by atoms with Gasteiger partial charge in [-0.1, -0.05) is 132 Å². The number of aliphatic hydroxyl groups excluding tert-OH is 2. The maximum atomic E-state index is 8.75. The van der Waals surface area contributed by atoms with Crippen LogP contribution >= 0.6 is 0 Å². The fraction of sp³-hybridized carbons (Fsp3) is 1.00. The first-order valence-corrected chi connectivity index (χ1v) is 17.0. The molecule has 8 heteroatoms. The molecular formula is C32H72O7Ti. The van der Waals surface area contributed by atoms with E-state index in [1.54, 1.807) is 0 Å². The van der Waals surface area contributed by atoms with Crippen molar-refractivity contribution in [3.63, 3.8) is 0 Å². The zero-order valence-corrected chi connectivity index (χ0v) is 29.5. The number of hydrogen-bond donors (Lipinski definition) is 4. The first kappa shape index (κ1) is 49.9. The Labute approximate surface area is 261 Å². The van der Waals surface area contributed by atoms with Crippen LogP contribution in [0.1, 0.15) is 158 Å². The summed E-state index contributed by atoms with van der Waals surface area (Å²) in [5.41, 5.74) is 0. The van der Waals surface area contributed by atoms with E-state index in [0.29, 0.717) is 50.1 Å². The van der Waals surface area contributed by atoms with Crippen LogP contribution in [-0.4, -0.2) is 47.2 Å². The normalized spacial score (nSPS) is 13.0. The summed E-state index contributed by atoms with van der Waals surface area (Å²) in [6, 6.07) is 0. The second kappa shape index (κ2) is 49.0. The van der Waals surface area contributed by atoms with E-state index >= 15 is 0 Å². The number of aliphatic hydroxyl groups is 2. The van der Waals surface area contributed by atoms with E-state index < -0.39 is 0 Å². The van der Waals surface area contributed by atoms with E-state index in [4.69, 9.17) is 24.1 Å². The Kier molecular flexibility index (Phi) is 61.1. The van der Waals surface area contributed by atoms with Gasteiger partial charge in [0.1, 0.15) is 0 Å². The number of hydrogen-bond acceptors (Lipinski definition) is 7. The third kappa shape index (κ3) is 45.3. The third-order valence-corrected chi connectivity index (χ3v) is 7.31. The monoisotopic (exact) mass is 616 g/mol. The fourth-order valence-electron chi connectivity index (χ4n) is 3.84. The van der Waals surface area contributed by atoms with Gasteiger partial charge in [0, 0.05) is 13.2 Å². The van der Waals surface area contributed by atoms with Crippen LogP contribution in [0.5, 0.6) is 0 Å². The van der Waals surface area contributed by atoms with Crippen molar-refractivity contribution in [2.24, 2.45) is 23.7 Å². The Morgan fingerprint density at radius 1 is 0.475 bits per heavy atom. The predicted molar refractivity (Wildman–Crippen MR) is 165 cm³/mol. The Bertz CT molecular complexity index is 350. The van der Waals surface area contributed by atoms with Crippen molar-refractivity contribution < 1.29 is 54.2 Å². The average molecular weight is 617 g/mol. The van der Waals surface area contributed by atoms with Crippen LogP contribution in [0, 0.1) is 23.7 Å². The summed E-state index contributed by atoms with van der Waals surface area (Å²) in [4.78, 5) is 8.18. The van der Waals surface area contributed by atoms with Crippen molar-refractivity contribution in [3.05, 3.63) is 0 Å². The van der Waals surface area contributed by atoms with E-state index in [-0.39, 0.29) is 0 Å². The van der Waals surface area contributed by atoms with E-state index in [0.717, 1.165) is 46.1 Å². The Morgan fingerprint density at radius 2 is 0.700 bits per heavy atom. The SMILES string of the molecule is CCCCC(CC)CO.CCCCC(CC)CO.CCCCC(CC)COO.CCCCC(CC)COO.[O]=[Ti]. The van der Waals surface area contributed by atoms with Gasteiger partial charge in [0.2, 0.25) is 0 Å². The van der Waals surface area contributed by atoms with Crippen LogP contribution < -0.4 is 0 Å². The molecule has 0 radical (unpaired) electrons. The average Bonchev–Trinajstić information content (AvgIpc) is 3.00. The second-order valence-corrected chi connectivity index (χ2v) is 10.6. The molecule has 0 saturated carbocycles. The molecule has 0 amide bonds. The number of unbranched alkanes of at least 4 members (excludes halogenated alkanes) is 4. The molecule has 0 aromatic rings. The minimum absolute atomic E-state index is 0.372. The molecule has 4 atom stereocenters. The van der Waals surface area contributed by atoms with Crippen LogP contribution in [0.3, 0.4) is 0 Å². The van der Waals surface area contributed by atoms with Gasteiger partial charge in [0.25, 0.3) is 0 Å². The summed E-state index contributed by atoms with van der Waals surface area (Å²) in [6.07, 6.45) is 19.1. The summed E-state index contributed by atoms with van der Waals surface area (Å²) >= 11 is 0.750. The molecule has 0 fully saturated rings. The topological polar surface area (TPSA) is 116 Å². The van der Waals surface area contributed by atoms with Crippen LogP contribution in [0.4, 0.5) is 0 Å². The van der Waals surface area contributed by atoms with Crippen molar-refractivity contribution in [2.45, 2.75) is 158 Å². The first-order chi connectivity index (χ1) is 19.4. The molecule has 7 nitrogen and oxygen atoms in total. The number of rotatable bonds is 22. The summed E-state index contributed by atoms with van der Waals surface area (Å²) in [6.45, 7) is 19.0. The van der Waals surface area contributed by atoms with E-state index in [1.807, 2.05) is 0 Å². The van der Waals surface area contributed by atoms with Crippen molar-refractivity contribution >= 4 is 0 Å². The summed E-state index contributed by atoms with van der Waals surface area (Å²) in [7, 11) is 0. The quantitative estimate of drug-likeness (QED) is 0.0543. The van der Waals surface area contributed by atoms with E-state index in [2.05, 4.69) is 65.2 Å². The van der Waals surface area contributed by atoms with Crippen molar-refractivity contribution in [1.82, 2.24) is 0 Å². The van der Waals surface area contributed by atoms with Gasteiger partial charge in [0.05, 0.1) is 13.2 Å². The Morgan fingerprint density at radius 3 is 0.850 bits per heavy atom. The van der Waals surface area contributed by atoms with Gasteiger partial charge in [-0.3, -0.25) is 10.5 Å². The zero-order chi connectivity index (χ0) is 31.9. The molecule has 0 bridgehead atoms. The van der Waals surface area contributed by atoms with Crippen LogP contribution in [0.15, 0.2) is 0 Å². The van der Waals surface area contributed by atoms with Crippen molar-refractivity contribution in [1.29, 1.82) is 0 Å². The molecule has 0 aliphatic carbocycles. The Hall–Kier alpha value is 0.274. The molecule has 40 heavy (non-hydrogen) atoms. The fourth-order valence-corrected chi connectivity index (χ4v) is 3.84. The third-order valence-electron chi connectivity index (χ3n) is 7.31. The molecule has 4 unspecified atom stereocenters. The molecule has 0 aromatic carbocycles. The molecule has 246 valence electrons. The first-order valence-electron chi connectivity index (χ1n) is 16.3. The summed E-state index contributed by atoms with van der Waals surface area (Å²) < 4.78 is 8.25. The molecule has 0 saturated heterocycles. The van der Waals surface area contributed by atoms with Gasteiger partial charge in [0.15, 0.2) is 0 Å². The molecule has 4 N–H and O–H groups in total. The van der Waals surface area contributed by atoms with Crippen LogP contribution in [0.25, 0.3) is 0 Å². The maximum absolute atomic E-state index is 8.75. The van der Waals surface area contributed by atoms with Gasteiger partial charge in [-0.15, -0.1) is 0 Å².